The van der Waals surface area contributed by atoms with Gasteiger partial charge >= 0.3 is 39.5 Å². The van der Waals surface area contributed by atoms with E-state index in [1.807, 2.05) is 0 Å². The molecule has 0 radical (unpaired) electrons. The molecule has 0 aliphatic heterocycles. The van der Waals surface area contributed by atoms with E-state index in [1.165, 1.54) is 218 Å². The number of carbonyl (C=O) groups excluding carboxylic acids is 4. The molecule has 0 aliphatic rings. The van der Waals surface area contributed by atoms with Gasteiger partial charge in [0.25, 0.3) is 0 Å². The van der Waals surface area contributed by atoms with Crippen LogP contribution in [0, 0.1) is 23.7 Å². The van der Waals surface area contributed by atoms with E-state index in [4.69, 9.17) is 37.0 Å². The zero-order valence-corrected chi connectivity index (χ0v) is 68.3. The number of hydrogen-bond acceptors (Lipinski definition) is 15. The van der Waals surface area contributed by atoms with Crippen molar-refractivity contribution in [3.05, 3.63) is 0 Å². The molecule has 17 nitrogen and oxygen atoms in total. The number of unbranched alkanes of at least 4 members (excludes halogenated alkanes) is 44. The molecule has 0 aromatic rings. The van der Waals surface area contributed by atoms with Crippen molar-refractivity contribution in [2.45, 2.75) is 440 Å². The van der Waals surface area contributed by atoms with Crippen LogP contribution in [-0.2, 0) is 65.4 Å². The predicted molar refractivity (Wildman–Crippen MR) is 414 cm³/mol. The van der Waals surface area contributed by atoms with Crippen molar-refractivity contribution in [2.24, 2.45) is 23.7 Å². The van der Waals surface area contributed by atoms with Crippen molar-refractivity contribution < 1.29 is 80.2 Å². The van der Waals surface area contributed by atoms with E-state index in [9.17, 15) is 43.2 Å². The molecule has 19 heteroatoms. The SMILES string of the molecule is CCC(C)CCCCCCCCC(=O)OC[C@H](COP(=O)(O)OC[C@H](O)COP(=O)(O)OC[C@@H](COC(=O)CCCCCCCCCCCCCCCC(C)C)OC(=O)CCCCCCCCCCCCCCCCCCC(C)C)OC(=O)CCCCCCCCCCCCCCCC(C)C. The molecule has 0 aromatic heterocycles. The average molecular weight is 1480 g/mol. The van der Waals surface area contributed by atoms with Gasteiger partial charge in [0.1, 0.15) is 19.3 Å². The second-order valence-corrected chi connectivity index (χ2v) is 34.1. The van der Waals surface area contributed by atoms with Crippen LogP contribution in [-0.4, -0.2) is 96.7 Å². The number of ether oxygens (including phenoxy) is 4. The molecule has 0 amide bonds. The van der Waals surface area contributed by atoms with E-state index in [-0.39, 0.29) is 25.7 Å². The Bertz CT molecular complexity index is 1970. The molecule has 0 rings (SSSR count). The van der Waals surface area contributed by atoms with Gasteiger partial charge in [-0.3, -0.25) is 37.3 Å². The van der Waals surface area contributed by atoms with Gasteiger partial charge in [-0.25, -0.2) is 9.13 Å². The van der Waals surface area contributed by atoms with Gasteiger partial charge in [0.15, 0.2) is 12.2 Å². The summed E-state index contributed by atoms with van der Waals surface area (Å²) in [5.74, 6) is 1.00. The molecule has 0 saturated heterocycles. The molecular formula is C82H160O17P2. The van der Waals surface area contributed by atoms with Crippen LogP contribution in [0.25, 0.3) is 0 Å². The lowest BCUT2D eigenvalue weighted by Crippen LogP contribution is -2.30. The lowest BCUT2D eigenvalue weighted by atomic mass is 10.00. The zero-order valence-electron chi connectivity index (χ0n) is 66.5. The maximum absolute atomic E-state index is 13.1. The Morgan fingerprint density at radius 1 is 0.277 bits per heavy atom. The first-order chi connectivity index (χ1) is 48.6. The summed E-state index contributed by atoms with van der Waals surface area (Å²) in [5.41, 5.74) is 0. The summed E-state index contributed by atoms with van der Waals surface area (Å²) in [5, 5.41) is 10.7. The first-order valence-corrected chi connectivity index (χ1v) is 45.2. The Kier molecular flexibility index (Phi) is 69.6. The summed E-state index contributed by atoms with van der Waals surface area (Å²) >= 11 is 0. The average Bonchev–Trinajstić information content (AvgIpc) is 0.995. The maximum atomic E-state index is 13.1. The van der Waals surface area contributed by atoms with Crippen LogP contribution in [0.4, 0.5) is 0 Å². The van der Waals surface area contributed by atoms with Crippen LogP contribution in [0.1, 0.15) is 421 Å². The number of phosphoric acid groups is 2. The Morgan fingerprint density at radius 2 is 0.475 bits per heavy atom. The molecule has 0 bridgehead atoms. The minimum absolute atomic E-state index is 0.106. The lowest BCUT2D eigenvalue weighted by Gasteiger charge is -2.21. The topological polar surface area (TPSA) is 237 Å². The van der Waals surface area contributed by atoms with Gasteiger partial charge in [-0.05, 0) is 49.4 Å². The Labute approximate surface area is 619 Å². The molecule has 6 atom stereocenters. The van der Waals surface area contributed by atoms with Crippen LogP contribution in [0.5, 0.6) is 0 Å². The van der Waals surface area contributed by atoms with Crippen LogP contribution in [0.2, 0.25) is 0 Å². The van der Waals surface area contributed by atoms with Crippen molar-refractivity contribution in [2.75, 3.05) is 39.6 Å². The van der Waals surface area contributed by atoms with E-state index in [0.29, 0.717) is 25.7 Å². The molecule has 0 spiro atoms. The minimum Gasteiger partial charge on any atom is -0.462 e. The third-order valence-corrected chi connectivity index (χ3v) is 21.3. The molecule has 600 valence electrons. The molecule has 0 saturated carbocycles. The fourth-order valence-electron chi connectivity index (χ4n) is 12.6. The summed E-state index contributed by atoms with van der Waals surface area (Å²) in [4.78, 5) is 73.1. The van der Waals surface area contributed by atoms with Crippen LogP contribution in [0.3, 0.4) is 0 Å². The number of rotatable bonds is 79. The van der Waals surface area contributed by atoms with E-state index in [2.05, 4.69) is 55.4 Å². The molecule has 101 heavy (non-hydrogen) atoms. The van der Waals surface area contributed by atoms with Crippen molar-refractivity contribution in [3.63, 3.8) is 0 Å². The monoisotopic (exact) mass is 1480 g/mol. The second kappa shape index (κ2) is 71.0. The number of esters is 4. The molecule has 3 unspecified atom stereocenters. The Morgan fingerprint density at radius 3 is 0.703 bits per heavy atom. The second-order valence-electron chi connectivity index (χ2n) is 31.2. The van der Waals surface area contributed by atoms with E-state index < -0.39 is 97.5 Å². The highest BCUT2D eigenvalue weighted by molar-refractivity contribution is 7.47. The number of aliphatic hydroxyl groups excluding tert-OH is 1. The number of phosphoric ester groups is 2. The summed E-state index contributed by atoms with van der Waals surface area (Å²) in [6.45, 7) is 14.3. The van der Waals surface area contributed by atoms with Crippen LogP contribution >= 0.6 is 15.6 Å². The van der Waals surface area contributed by atoms with Crippen molar-refractivity contribution >= 4 is 39.5 Å². The van der Waals surface area contributed by atoms with Crippen LogP contribution in [0.15, 0.2) is 0 Å². The first kappa shape index (κ1) is 99.1. The van der Waals surface area contributed by atoms with Gasteiger partial charge in [-0.2, -0.15) is 0 Å². The van der Waals surface area contributed by atoms with Crippen molar-refractivity contribution in [3.8, 4) is 0 Å². The van der Waals surface area contributed by atoms with Gasteiger partial charge in [0, 0.05) is 25.7 Å². The standard InChI is InChI=1S/C82H160O17P2/c1-9-75(8)61-53-45-40-41-47-55-63-80(85)93-69-78(99-82(87)65-57-49-39-33-27-21-15-18-24-30-36-44-52-60-74(6)7)71-97-101(90,91)95-67-76(83)66-94-100(88,89)96-70-77(68-92-79(84)62-54-46-37-31-25-20-14-17-23-29-35-43-51-59-73(4)5)98-81(86)64-56-48-38-32-26-19-13-11-10-12-16-22-28-34-42-50-58-72(2)3/h72-78,83H,9-71H2,1-8H3,(H,88,89)(H,90,91)/t75?,76-,77-,78-/m1/s1. The highest BCUT2D eigenvalue weighted by atomic mass is 31.2. The van der Waals surface area contributed by atoms with Gasteiger partial charge in [0.05, 0.1) is 26.4 Å². The van der Waals surface area contributed by atoms with Gasteiger partial charge in [0.2, 0.25) is 0 Å². The summed E-state index contributed by atoms with van der Waals surface area (Å²) in [6.07, 6.45) is 58.3. The third-order valence-electron chi connectivity index (χ3n) is 19.4. The fourth-order valence-corrected chi connectivity index (χ4v) is 14.2. The number of carbonyl (C=O) groups is 4. The molecule has 0 fully saturated rings. The third kappa shape index (κ3) is 74.7. The quantitative estimate of drug-likeness (QED) is 0.0222. The largest absolute Gasteiger partial charge is 0.472 e. The zero-order chi connectivity index (χ0) is 74.6. The van der Waals surface area contributed by atoms with Gasteiger partial charge in [-0.1, -0.05) is 370 Å². The Hall–Kier alpha value is -1.94. The van der Waals surface area contributed by atoms with E-state index >= 15 is 0 Å². The molecule has 0 aliphatic carbocycles. The Balaban J connectivity index is 5.25. The predicted octanol–water partition coefficient (Wildman–Crippen LogP) is 24.4. The number of hydrogen-bond donors (Lipinski definition) is 3. The maximum Gasteiger partial charge on any atom is 0.472 e. The van der Waals surface area contributed by atoms with Gasteiger partial charge < -0.3 is 33.8 Å². The lowest BCUT2D eigenvalue weighted by molar-refractivity contribution is -0.161. The molecule has 3 N–H and O–H groups in total. The normalized spacial score (nSPS) is 14.3. The molecular weight excluding hydrogens is 1320 g/mol. The highest BCUT2D eigenvalue weighted by Gasteiger charge is 2.30. The molecule has 0 aromatic carbocycles. The molecule has 0 heterocycles. The fraction of sp³-hybridized carbons (Fsp3) is 0.951. The first-order valence-electron chi connectivity index (χ1n) is 42.2. The van der Waals surface area contributed by atoms with Gasteiger partial charge in [-0.15, -0.1) is 0 Å². The summed E-state index contributed by atoms with van der Waals surface area (Å²) in [6, 6.07) is 0. The summed E-state index contributed by atoms with van der Waals surface area (Å²) < 4.78 is 68.8. The van der Waals surface area contributed by atoms with Crippen molar-refractivity contribution in [1.82, 2.24) is 0 Å². The summed E-state index contributed by atoms with van der Waals surface area (Å²) in [7, 11) is -9.92. The van der Waals surface area contributed by atoms with Crippen molar-refractivity contribution in [1.29, 1.82) is 0 Å². The highest BCUT2D eigenvalue weighted by Crippen LogP contribution is 2.45. The number of aliphatic hydroxyl groups is 1. The minimum atomic E-state index is -4.96. The van der Waals surface area contributed by atoms with E-state index in [1.54, 1.807) is 0 Å². The van der Waals surface area contributed by atoms with Crippen LogP contribution < -0.4 is 0 Å². The van der Waals surface area contributed by atoms with E-state index in [0.717, 1.165) is 120 Å². The smallest absolute Gasteiger partial charge is 0.462 e.